The fourth-order valence-electron chi connectivity index (χ4n) is 7.59. The van der Waals surface area contributed by atoms with E-state index < -0.39 is 0 Å². The fraction of sp³-hybridized carbons (Fsp3) is 0.514. The number of benzene rings is 1. The van der Waals surface area contributed by atoms with Crippen LogP contribution in [0.15, 0.2) is 37.1 Å². The van der Waals surface area contributed by atoms with Gasteiger partial charge in [-0.05, 0) is 81.2 Å². The zero-order chi connectivity index (χ0) is 30.7. The van der Waals surface area contributed by atoms with Gasteiger partial charge in [-0.1, -0.05) is 24.8 Å². The minimum atomic E-state index is -0.281. The minimum absolute atomic E-state index is 0.146. The maximum Gasteiger partial charge on any atom is 0.319 e. The number of aromatic nitrogens is 3. The summed E-state index contributed by atoms with van der Waals surface area (Å²) in [4.78, 5) is 37.6. The number of pyridine rings is 1. The highest BCUT2D eigenvalue weighted by Gasteiger charge is 2.46. The largest absolute Gasteiger partial charge is 0.486 e. The summed E-state index contributed by atoms with van der Waals surface area (Å²) in [6, 6.07) is 6.97. The van der Waals surface area contributed by atoms with Crippen LogP contribution in [0.25, 0.3) is 27.0 Å². The molecule has 3 aromatic rings. The van der Waals surface area contributed by atoms with Gasteiger partial charge in [0, 0.05) is 37.4 Å². The lowest BCUT2D eigenvalue weighted by atomic mass is 9.96. The van der Waals surface area contributed by atoms with Crippen molar-refractivity contribution in [3.8, 4) is 23.0 Å². The molecule has 1 aromatic carbocycles. The number of amides is 1. The SMILES string of the molecule is [C-]#[N+]C[C@H]1CN(c2nc(OC[C@@H]3CCCN3C)nc3c(OC4CC4)c(-c4cccc5c4CC4CC54)ncc23)CCN1C(=O)C=C. The van der Waals surface area contributed by atoms with Gasteiger partial charge in [-0.25, -0.2) is 6.57 Å². The summed E-state index contributed by atoms with van der Waals surface area (Å²) in [6.07, 6.45) is 10.0. The molecule has 1 amide bonds. The average molecular weight is 606 g/mol. The number of fused-ring (bicyclic) bond motifs is 4. The predicted molar refractivity (Wildman–Crippen MR) is 171 cm³/mol. The van der Waals surface area contributed by atoms with Crippen LogP contribution < -0.4 is 14.4 Å². The van der Waals surface area contributed by atoms with Crippen LogP contribution >= 0.6 is 0 Å². The van der Waals surface area contributed by atoms with Crippen LogP contribution in [0.2, 0.25) is 0 Å². The molecule has 5 aliphatic rings. The Morgan fingerprint density at radius 2 is 2.07 bits per heavy atom. The van der Waals surface area contributed by atoms with Gasteiger partial charge in [-0.3, -0.25) is 9.78 Å². The van der Waals surface area contributed by atoms with Crippen molar-refractivity contribution < 1.29 is 14.3 Å². The molecule has 2 aliphatic heterocycles. The lowest BCUT2D eigenvalue weighted by molar-refractivity contribution is -0.128. The highest BCUT2D eigenvalue weighted by molar-refractivity contribution is 5.97. The molecule has 8 rings (SSSR count). The predicted octanol–water partition coefficient (Wildman–Crippen LogP) is 4.49. The minimum Gasteiger partial charge on any atom is -0.486 e. The van der Waals surface area contributed by atoms with Crippen molar-refractivity contribution >= 4 is 22.6 Å². The van der Waals surface area contributed by atoms with E-state index in [9.17, 15) is 4.79 Å². The summed E-state index contributed by atoms with van der Waals surface area (Å²) < 4.78 is 13.1. The van der Waals surface area contributed by atoms with E-state index in [1.165, 1.54) is 23.6 Å². The molecule has 4 heterocycles. The van der Waals surface area contributed by atoms with Crippen LogP contribution in [-0.2, 0) is 11.2 Å². The van der Waals surface area contributed by atoms with Crippen molar-refractivity contribution in [3.63, 3.8) is 0 Å². The van der Waals surface area contributed by atoms with E-state index in [0.29, 0.717) is 61.3 Å². The first-order valence-electron chi connectivity index (χ1n) is 16.4. The van der Waals surface area contributed by atoms with E-state index in [2.05, 4.69) is 46.5 Å². The zero-order valence-corrected chi connectivity index (χ0v) is 25.8. The number of likely N-dealkylation sites (N-methyl/N-ethyl adjacent to an activating group) is 1. The number of anilines is 1. The molecule has 45 heavy (non-hydrogen) atoms. The second-order valence-corrected chi connectivity index (χ2v) is 13.3. The van der Waals surface area contributed by atoms with Crippen LogP contribution in [0.1, 0.15) is 49.1 Å². The van der Waals surface area contributed by atoms with Gasteiger partial charge in [-0.2, -0.15) is 9.97 Å². The first-order chi connectivity index (χ1) is 22.0. The van der Waals surface area contributed by atoms with Gasteiger partial charge in [0.1, 0.15) is 29.7 Å². The Labute approximate surface area is 263 Å². The van der Waals surface area contributed by atoms with E-state index in [4.69, 9.17) is 31.0 Å². The van der Waals surface area contributed by atoms with Crippen molar-refractivity contribution in [1.82, 2.24) is 24.8 Å². The molecule has 2 unspecified atom stereocenters. The number of hydrogen-bond donors (Lipinski definition) is 0. The van der Waals surface area contributed by atoms with Gasteiger partial charge in [0.05, 0.1) is 11.5 Å². The molecule has 0 N–H and O–H groups in total. The number of likely N-dealkylation sites (tertiary alicyclic amines) is 1. The standard InChI is InChI=1S/C35H39N7O3/c1-4-30(43)42-14-13-41(19-23(42)17-36-2)34-29-18-37-31(26-9-5-8-25-27-15-21(27)16-28(25)26)33(45-24-10-11-24)32(29)38-35(39-34)44-20-22-7-6-12-40(22)3/h4-5,8-9,18,21-24,27H,1,6-7,10-17,19-20H2,3H3/t21?,22-,23-,27?/m0/s1. The average Bonchev–Trinajstić information content (AvgIpc) is 3.97. The highest BCUT2D eigenvalue weighted by Crippen LogP contribution is 2.58. The van der Waals surface area contributed by atoms with E-state index in [1.54, 1.807) is 4.90 Å². The molecule has 2 saturated carbocycles. The van der Waals surface area contributed by atoms with Crippen molar-refractivity contribution in [2.24, 2.45) is 5.92 Å². The Morgan fingerprint density at radius 1 is 1.18 bits per heavy atom. The first kappa shape index (κ1) is 28.3. The quantitative estimate of drug-likeness (QED) is 0.261. The molecule has 0 radical (unpaired) electrons. The lowest BCUT2D eigenvalue weighted by Crippen LogP contribution is -2.56. The smallest absolute Gasteiger partial charge is 0.319 e. The van der Waals surface area contributed by atoms with Gasteiger partial charge in [0.25, 0.3) is 0 Å². The maximum atomic E-state index is 12.6. The molecule has 4 fully saturated rings. The third kappa shape index (κ3) is 5.17. The van der Waals surface area contributed by atoms with E-state index in [1.807, 2.05) is 6.20 Å². The molecule has 2 aromatic heterocycles. The van der Waals surface area contributed by atoms with Gasteiger partial charge in [0.15, 0.2) is 5.75 Å². The van der Waals surface area contributed by atoms with Gasteiger partial charge < -0.3 is 29.0 Å². The summed E-state index contributed by atoms with van der Waals surface area (Å²) in [5.41, 5.74) is 5.54. The molecule has 10 nitrogen and oxygen atoms in total. The topological polar surface area (TPSA) is 88.3 Å². The van der Waals surface area contributed by atoms with Gasteiger partial charge >= 0.3 is 6.01 Å². The zero-order valence-electron chi connectivity index (χ0n) is 25.8. The van der Waals surface area contributed by atoms with E-state index >= 15 is 0 Å². The summed E-state index contributed by atoms with van der Waals surface area (Å²) >= 11 is 0. The Balaban J connectivity index is 1.24. The molecular weight excluding hydrogens is 566 g/mol. The molecule has 10 heteroatoms. The first-order valence-corrected chi connectivity index (χ1v) is 16.4. The molecule has 4 atom stereocenters. The summed E-state index contributed by atoms with van der Waals surface area (Å²) in [6.45, 7) is 14.5. The van der Waals surface area contributed by atoms with Crippen LogP contribution in [0.4, 0.5) is 5.82 Å². The fourth-order valence-corrected chi connectivity index (χ4v) is 7.59. The Kier molecular flexibility index (Phi) is 7.09. The monoisotopic (exact) mass is 605 g/mol. The lowest BCUT2D eigenvalue weighted by Gasteiger charge is -2.39. The van der Waals surface area contributed by atoms with Gasteiger partial charge in [0.2, 0.25) is 12.5 Å². The molecule has 3 aliphatic carbocycles. The third-order valence-electron chi connectivity index (χ3n) is 10.3. The molecule has 232 valence electrons. The van der Waals surface area contributed by atoms with E-state index in [-0.39, 0.29) is 24.6 Å². The summed E-state index contributed by atoms with van der Waals surface area (Å²) in [5.74, 6) is 2.70. The normalized spacial score (nSPS) is 25.5. The maximum absolute atomic E-state index is 12.6. The van der Waals surface area contributed by atoms with Crippen molar-refractivity contribution in [2.75, 3.05) is 51.3 Å². The molecular formula is C35H39N7O3. The highest BCUT2D eigenvalue weighted by atomic mass is 16.5. The molecule has 0 bridgehead atoms. The Morgan fingerprint density at radius 3 is 2.84 bits per heavy atom. The van der Waals surface area contributed by atoms with Crippen LogP contribution in [0.3, 0.4) is 0 Å². The number of hydrogen-bond acceptors (Lipinski definition) is 8. The van der Waals surface area contributed by atoms with E-state index in [0.717, 1.165) is 61.2 Å². The number of nitrogens with zero attached hydrogens (tertiary/aromatic N) is 7. The van der Waals surface area contributed by atoms with Crippen molar-refractivity contribution in [3.05, 3.63) is 59.6 Å². The van der Waals surface area contributed by atoms with Crippen molar-refractivity contribution in [1.29, 1.82) is 0 Å². The second-order valence-electron chi connectivity index (χ2n) is 13.3. The molecule has 2 saturated heterocycles. The van der Waals surface area contributed by atoms with Crippen molar-refractivity contribution in [2.45, 2.75) is 62.6 Å². The number of carbonyl (C=O) groups excluding carboxylic acids is 1. The second kappa shape index (κ2) is 11.3. The van der Waals surface area contributed by atoms with Crippen LogP contribution in [0, 0.1) is 12.5 Å². The summed E-state index contributed by atoms with van der Waals surface area (Å²) in [7, 11) is 2.14. The third-order valence-corrected chi connectivity index (χ3v) is 10.3. The number of carbonyl (C=O) groups is 1. The Hall–Kier alpha value is -4.23. The number of rotatable bonds is 9. The Bertz CT molecular complexity index is 1720. The number of piperazine rings is 1. The van der Waals surface area contributed by atoms with Gasteiger partial charge in [-0.15, -0.1) is 0 Å². The van der Waals surface area contributed by atoms with Crippen LogP contribution in [0.5, 0.6) is 11.8 Å². The number of ether oxygens (including phenoxy) is 2. The summed E-state index contributed by atoms with van der Waals surface area (Å²) in [5, 5.41) is 0.792. The molecule has 0 spiro atoms. The van der Waals surface area contributed by atoms with Crippen LogP contribution in [-0.4, -0.2) is 95.2 Å².